The maximum absolute atomic E-state index is 12.0. The first kappa shape index (κ1) is 12.3. The van der Waals surface area contributed by atoms with E-state index >= 15 is 0 Å². The summed E-state index contributed by atoms with van der Waals surface area (Å²) >= 11 is 0. The number of hydrogen-bond donors (Lipinski definition) is 0. The SMILES string of the molecule is CCOC(=O)C(C)(C)OS(=O)(=O)F. The average molecular weight is 214 g/mol. The summed E-state index contributed by atoms with van der Waals surface area (Å²) in [5, 5.41) is 0. The van der Waals surface area contributed by atoms with Crippen LogP contribution in [0, 0.1) is 0 Å². The van der Waals surface area contributed by atoms with Gasteiger partial charge in [0.25, 0.3) is 0 Å². The van der Waals surface area contributed by atoms with Gasteiger partial charge in [0, 0.05) is 0 Å². The number of hydrogen-bond acceptors (Lipinski definition) is 5. The maximum Gasteiger partial charge on any atom is 0.438 e. The van der Waals surface area contributed by atoms with E-state index in [1.54, 1.807) is 0 Å². The van der Waals surface area contributed by atoms with Gasteiger partial charge in [-0.3, -0.25) is 0 Å². The molecule has 5 nitrogen and oxygen atoms in total. The topological polar surface area (TPSA) is 69.7 Å². The average Bonchev–Trinajstić information content (AvgIpc) is 1.82. The Labute approximate surface area is 76.2 Å². The number of carbonyl (C=O) groups excluding carboxylic acids is 1. The molecule has 7 heteroatoms. The van der Waals surface area contributed by atoms with Crippen LogP contribution in [0.2, 0.25) is 0 Å². The first-order valence-electron chi connectivity index (χ1n) is 3.51. The molecule has 0 heterocycles. The minimum Gasteiger partial charge on any atom is -0.464 e. The second kappa shape index (κ2) is 4.01. The van der Waals surface area contributed by atoms with Crippen LogP contribution in [-0.4, -0.2) is 26.6 Å². The van der Waals surface area contributed by atoms with E-state index in [4.69, 9.17) is 0 Å². The van der Waals surface area contributed by atoms with Gasteiger partial charge in [0.2, 0.25) is 0 Å². The summed E-state index contributed by atoms with van der Waals surface area (Å²) in [5.74, 6) is -0.934. The summed E-state index contributed by atoms with van der Waals surface area (Å²) in [6.45, 7) is 3.81. The van der Waals surface area contributed by atoms with Gasteiger partial charge in [-0.25, -0.2) is 8.98 Å². The van der Waals surface area contributed by atoms with E-state index in [0.29, 0.717) is 0 Å². The Kier molecular flexibility index (Phi) is 3.80. The molecule has 0 radical (unpaired) electrons. The number of esters is 1. The summed E-state index contributed by atoms with van der Waals surface area (Å²) in [6.07, 6.45) is 0. The second-order valence-corrected chi connectivity index (χ2v) is 3.66. The maximum atomic E-state index is 12.0. The molecule has 0 unspecified atom stereocenters. The Bertz CT molecular complexity index is 281. The molecule has 0 N–H and O–H groups in total. The monoisotopic (exact) mass is 214 g/mol. The minimum absolute atomic E-state index is 0.0674. The number of carbonyl (C=O) groups is 1. The number of ether oxygens (including phenoxy) is 1. The van der Waals surface area contributed by atoms with Crippen molar-refractivity contribution < 1.29 is 26.0 Å². The van der Waals surface area contributed by atoms with E-state index in [0.717, 1.165) is 13.8 Å². The third-order valence-electron chi connectivity index (χ3n) is 1.07. The van der Waals surface area contributed by atoms with Gasteiger partial charge in [-0.2, -0.15) is 8.42 Å². The smallest absolute Gasteiger partial charge is 0.438 e. The first-order chi connectivity index (χ1) is 5.69. The zero-order valence-corrected chi connectivity index (χ0v) is 8.35. The van der Waals surface area contributed by atoms with Crippen molar-refractivity contribution in [2.24, 2.45) is 0 Å². The van der Waals surface area contributed by atoms with Crippen LogP contribution >= 0.6 is 0 Å². The van der Waals surface area contributed by atoms with Crippen molar-refractivity contribution in [1.82, 2.24) is 0 Å². The molecular formula is C6H11FO5S. The molecular weight excluding hydrogens is 203 g/mol. The lowest BCUT2D eigenvalue weighted by molar-refractivity contribution is -0.158. The quantitative estimate of drug-likeness (QED) is 0.505. The van der Waals surface area contributed by atoms with E-state index in [2.05, 4.69) is 8.92 Å². The lowest BCUT2D eigenvalue weighted by Gasteiger charge is -2.19. The van der Waals surface area contributed by atoms with Gasteiger partial charge >= 0.3 is 16.5 Å². The van der Waals surface area contributed by atoms with Crippen LogP contribution in [0.3, 0.4) is 0 Å². The first-order valence-corrected chi connectivity index (χ1v) is 4.82. The van der Waals surface area contributed by atoms with Crippen molar-refractivity contribution in [3.05, 3.63) is 0 Å². The van der Waals surface area contributed by atoms with Crippen LogP contribution in [0.4, 0.5) is 3.89 Å². The summed E-state index contributed by atoms with van der Waals surface area (Å²) in [4.78, 5) is 11.0. The Morgan fingerprint density at radius 2 is 1.92 bits per heavy atom. The lowest BCUT2D eigenvalue weighted by atomic mass is 10.1. The molecule has 0 atom stereocenters. The third kappa shape index (κ3) is 4.79. The number of rotatable bonds is 4. The fourth-order valence-corrected chi connectivity index (χ4v) is 1.15. The van der Waals surface area contributed by atoms with Crippen molar-refractivity contribution in [2.45, 2.75) is 26.4 Å². The van der Waals surface area contributed by atoms with Crippen molar-refractivity contribution in [3.63, 3.8) is 0 Å². The standard InChI is InChI=1S/C6H11FO5S/c1-4-11-5(8)6(2,3)12-13(7,9)10/h4H2,1-3H3. The zero-order chi connectivity index (χ0) is 10.7. The predicted molar refractivity (Wildman–Crippen MR) is 41.8 cm³/mol. The van der Waals surface area contributed by atoms with Crippen molar-refractivity contribution in [1.29, 1.82) is 0 Å². The van der Waals surface area contributed by atoms with E-state index in [1.165, 1.54) is 6.92 Å². The van der Waals surface area contributed by atoms with E-state index in [-0.39, 0.29) is 6.61 Å². The third-order valence-corrected chi connectivity index (χ3v) is 1.69. The molecule has 0 fully saturated rings. The molecule has 0 bridgehead atoms. The summed E-state index contributed by atoms with van der Waals surface area (Å²) < 4.78 is 40.5. The molecule has 0 aliphatic carbocycles. The van der Waals surface area contributed by atoms with E-state index in [9.17, 15) is 17.1 Å². The van der Waals surface area contributed by atoms with Crippen LogP contribution in [0.5, 0.6) is 0 Å². The van der Waals surface area contributed by atoms with Gasteiger partial charge in [0.1, 0.15) is 0 Å². The highest BCUT2D eigenvalue weighted by Gasteiger charge is 2.36. The van der Waals surface area contributed by atoms with Crippen LogP contribution in [0.15, 0.2) is 0 Å². The fourth-order valence-electron chi connectivity index (χ4n) is 0.588. The molecule has 13 heavy (non-hydrogen) atoms. The molecule has 0 aromatic rings. The fraction of sp³-hybridized carbons (Fsp3) is 0.833. The van der Waals surface area contributed by atoms with E-state index < -0.39 is 22.1 Å². The molecule has 0 saturated heterocycles. The summed E-state index contributed by atoms with van der Waals surface area (Å²) in [6, 6.07) is 0. The van der Waals surface area contributed by atoms with Gasteiger partial charge in [0.15, 0.2) is 5.60 Å². The van der Waals surface area contributed by atoms with Gasteiger partial charge in [0.05, 0.1) is 6.61 Å². The Hall–Kier alpha value is -0.690. The van der Waals surface area contributed by atoms with Crippen LogP contribution in [0.25, 0.3) is 0 Å². The largest absolute Gasteiger partial charge is 0.464 e. The predicted octanol–water partition coefficient (Wildman–Crippen LogP) is 0.559. The van der Waals surface area contributed by atoms with Crippen LogP contribution < -0.4 is 0 Å². The molecule has 0 aromatic heterocycles. The molecule has 78 valence electrons. The Morgan fingerprint density at radius 3 is 2.23 bits per heavy atom. The van der Waals surface area contributed by atoms with Gasteiger partial charge in [-0.15, -0.1) is 0 Å². The zero-order valence-electron chi connectivity index (χ0n) is 7.53. The van der Waals surface area contributed by atoms with Crippen LogP contribution in [0.1, 0.15) is 20.8 Å². The molecule has 0 aromatic carbocycles. The van der Waals surface area contributed by atoms with Crippen molar-refractivity contribution >= 4 is 16.5 Å². The molecule has 0 aliphatic heterocycles. The lowest BCUT2D eigenvalue weighted by Crippen LogP contribution is -2.37. The Balaban J connectivity index is 4.49. The van der Waals surface area contributed by atoms with Crippen LogP contribution in [-0.2, 0) is 24.2 Å². The molecule has 0 spiro atoms. The Morgan fingerprint density at radius 1 is 1.46 bits per heavy atom. The second-order valence-electron chi connectivity index (χ2n) is 2.71. The molecule has 0 rings (SSSR count). The minimum atomic E-state index is -5.15. The molecule has 0 saturated carbocycles. The van der Waals surface area contributed by atoms with Crippen molar-refractivity contribution in [2.75, 3.05) is 6.61 Å². The normalized spacial score (nSPS) is 12.6. The van der Waals surface area contributed by atoms with Gasteiger partial charge in [-0.1, -0.05) is 3.89 Å². The van der Waals surface area contributed by atoms with Gasteiger partial charge in [-0.05, 0) is 20.8 Å². The summed E-state index contributed by atoms with van der Waals surface area (Å²) in [7, 11) is -5.15. The molecule has 0 aliphatic rings. The highest BCUT2D eigenvalue weighted by atomic mass is 32.3. The highest BCUT2D eigenvalue weighted by Crippen LogP contribution is 2.15. The van der Waals surface area contributed by atoms with E-state index in [1.807, 2.05) is 0 Å². The molecule has 0 amide bonds. The van der Waals surface area contributed by atoms with Crippen molar-refractivity contribution in [3.8, 4) is 0 Å². The number of halogens is 1. The summed E-state index contributed by atoms with van der Waals surface area (Å²) in [5.41, 5.74) is -1.83. The highest BCUT2D eigenvalue weighted by molar-refractivity contribution is 7.81. The van der Waals surface area contributed by atoms with Gasteiger partial charge < -0.3 is 4.74 Å².